The minimum Gasteiger partial charge on any atom is -0.497 e. The zero-order valence-corrected chi connectivity index (χ0v) is 17.6. The second kappa shape index (κ2) is 8.55. The number of imidazole rings is 1. The average molecular weight is 426 g/mol. The van der Waals surface area contributed by atoms with Gasteiger partial charge in [0.15, 0.2) is 0 Å². The van der Waals surface area contributed by atoms with Gasteiger partial charge in [0.2, 0.25) is 12.1 Å². The maximum atomic E-state index is 13.0. The third-order valence-corrected chi connectivity index (χ3v) is 5.46. The number of amides is 1. The monoisotopic (exact) mass is 426 g/mol. The number of nitrogens with zero attached hydrogens (tertiary/aromatic N) is 3. The molecule has 32 heavy (non-hydrogen) atoms. The van der Waals surface area contributed by atoms with Crippen molar-refractivity contribution in [2.45, 2.75) is 19.1 Å². The molecule has 2 heterocycles. The van der Waals surface area contributed by atoms with Gasteiger partial charge in [0.05, 0.1) is 30.4 Å². The second-order valence-corrected chi connectivity index (χ2v) is 7.55. The molecule has 5 rings (SSSR count). The lowest BCUT2D eigenvalue weighted by atomic mass is 10.0. The Morgan fingerprint density at radius 3 is 2.59 bits per heavy atom. The van der Waals surface area contributed by atoms with Crippen LogP contribution in [0.1, 0.15) is 17.5 Å². The summed E-state index contributed by atoms with van der Waals surface area (Å²) in [6.45, 7) is 0.593. The highest BCUT2D eigenvalue weighted by Crippen LogP contribution is 2.24. The van der Waals surface area contributed by atoms with Gasteiger partial charge in [0.1, 0.15) is 5.75 Å². The molecule has 1 aliphatic rings. The molecule has 7 nitrogen and oxygen atoms in total. The van der Waals surface area contributed by atoms with Gasteiger partial charge in [-0.2, -0.15) is 0 Å². The molecule has 160 valence electrons. The average Bonchev–Trinajstić information content (AvgIpc) is 3.46. The summed E-state index contributed by atoms with van der Waals surface area (Å²) in [5, 5.41) is 7.07. The highest BCUT2D eigenvalue weighted by Gasteiger charge is 2.30. The van der Waals surface area contributed by atoms with E-state index in [0.29, 0.717) is 18.9 Å². The van der Waals surface area contributed by atoms with Crippen LogP contribution in [0.3, 0.4) is 0 Å². The van der Waals surface area contributed by atoms with Crippen LogP contribution in [-0.4, -0.2) is 34.4 Å². The molecule has 1 amide bonds. The minimum atomic E-state index is -0.711. The molecule has 3 aromatic carbocycles. The van der Waals surface area contributed by atoms with E-state index < -0.39 is 6.10 Å². The van der Waals surface area contributed by atoms with Crippen molar-refractivity contribution in [3.05, 3.63) is 90.0 Å². The van der Waals surface area contributed by atoms with Crippen LogP contribution in [0.5, 0.6) is 5.75 Å². The molecule has 1 atom stereocenters. The summed E-state index contributed by atoms with van der Waals surface area (Å²) in [5.41, 5.74) is 4.52. The number of methoxy groups -OCH3 is 1. The first kappa shape index (κ1) is 19.8. The van der Waals surface area contributed by atoms with Gasteiger partial charge in [0.25, 0.3) is 5.91 Å². The Morgan fingerprint density at radius 1 is 1.06 bits per heavy atom. The van der Waals surface area contributed by atoms with Crippen LogP contribution >= 0.6 is 0 Å². The molecule has 0 bridgehead atoms. The Bertz CT molecular complexity index is 1280. The number of anilines is 1. The molecular formula is C25H22N4O3. The summed E-state index contributed by atoms with van der Waals surface area (Å²) < 4.78 is 7.19. The number of benzene rings is 3. The fourth-order valence-electron chi connectivity index (χ4n) is 3.76. The Morgan fingerprint density at radius 2 is 1.81 bits per heavy atom. The number of carbonyl (C=O) groups is 1. The lowest BCUT2D eigenvalue weighted by molar-refractivity contribution is -0.125. The maximum Gasteiger partial charge on any atom is 0.271 e. The molecule has 1 N–H and O–H groups in total. The standard InChI is InChI=1S/C25H22N4O3/c1-31-19-13-11-18(12-14-19)21-15-23(32-28-21)24(30)27-25-26-20-9-5-6-10-22(20)29(25)16-17-7-3-2-4-8-17/h2-14,23H,15-16H2,1H3,(H,26,27,30). The first-order chi connectivity index (χ1) is 15.7. The summed E-state index contributed by atoms with van der Waals surface area (Å²) in [4.78, 5) is 23.1. The normalized spacial score (nSPS) is 15.3. The van der Waals surface area contributed by atoms with Gasteiger partial charge in [-0.05, 0) is 47.5 Å². The van der Waals surface area contributed by atoms with Crippen LogP contribution in [0.2, 0.25) is 0 Å². The van der Waals surface area contributed by atoms with Crippen LogP contribution in [0.25, 0.3) is 11.0 Å². The number of hydrogen-bond donors (Lipinski definition) is 1. The minimum absolute atomic E-state index is 0.276. The SMILES string of the molecule is COc1ccc(C2=NOC(C(=O)Nc3nc4ccccc4n3Cc3ccccc3)C2)cc1. The number of ether oxygens (including phenoxy) is 1. The van der Waals surface area contributed by atoms with E-state index >= 15 is 0 Å². The largest absolute Gasteiger partial charge is 0.497 e. The number of aromatic nitrogens is 2. The molecule has 1 unspecified atom stereocenters. The topological polar surface area (TPSA) is 77.7 Å². The molecule has 1 aliphatic heterocycles. The summed E-state index contributed by atoms with van der Waals surface area (Å²) in [6.07, 6.45) is -0.325. The molecule has 4 aromatic rings. The van der Waals surface area contributed by atoms with Gasteiger partial charge < -0.3 is 14.1 Å². The molecule has 1 aromatic heterocycles. The van der Waals surface area contributed by atoms with Crippen molar-refractivity contribution in [1.29, 1.82) is 0 Å². The molecule has 0 aliphatic carbocycles. The van der Waals surface area contributed by atoms with Crippen molar-refractivity contribution in [2.24, 2.45) is 5.16 Å². The lowest BCUT2D eigenvalue weighted by Gasteiger charge is -2.12. The van der Waals surface area contributed by atoms with Crippen LogP contribution in [0.15, 0.2) is 84.0 Å². The first-order valence-electron chi connectivity index (χ1n) is 10.4. The zero-order chi connectivity index (χ0) is 21.9. The van der Waals surface area contributed by atoms with Crippen molar-refractivity contribution < 1.29 is 14.4 Å². The highest BCUT2D eigenvalue weighted by atomic mass is 16.6. The molecule has 0 saturated carbocycles. The Balaban J connectivity index is 1.34. The van der Waals surface area contributed by atoms with Crippen LogP contribution in [-0.2, 0) is 16.2 Å². The lowest BCUT2D eigenvalue weighted by Crippen LogP contribution is -2.29. The summed E-state index contributed by atoms with van der Waals surface area (Å²) in [6, 6.07) is 25.4. The van der Waals surface area contributed by atoms with Crippen molar-refractivity contribution >= 4 is 28.6 Å². The molecule has 0 fully saturated rings. The number of nitrogens with one attached hydrogen (secondary N) is 1. The Labute approximate surface area is 185 Å². The van der Waals surface area contributed by atoms with E-state index in [1.807, 2.05) is 71.3 Å². The Hall–Kier alpha value is -4.13. The predicted octanol–water partition coefficient (Wildman–Crippen LogP) is 4.22. The van der Waals surface area contributed by atoms with Gasteiger partial charge in [0, 0.05) is 6.42 Å². The van der Waals surface area contributed by atoms with E-state index in [4.69, 9.17) is 9.57 Å². The van der Waals surface area contributed by atoms with Gasteiger partial charge in [-0.3, -0.25) is 10.1 Å². The van der Waals surface area contributed by atoms with E-state index in [9.17, 15) is 4.79 Å². The van der Waals surface area contributed by atoms with E-state index in [1.54, 1.807) is 7.11 Å². The number of rotatable bonds is 6. The fourth-order valence-corrected chi connectivity index (χ4v) is 3.76. The third kappa shape index (κ3) is 3.92. The third-order valence-electron chi connectivity index (χ3n) is 5.46. The number of hydrogen-bond acceptors (Lipinski definition) is 5. The first-order valence-corrected chi connectivity index (χ1v) is 10.4. The van der Waals surface area contributed by atoms with Gasteiger partial charge in [-0.1, -0.05) is 47.6 Å². The van der Waals surface area contributed by atoms with Gasteiger partial charge in [-0.25, -0.2) is 4.98 Å². The molecule has 0 spiro atoms. The van der Waals surface area contributed by atoms with E-state index in [2.05, 4.69) is 27.6 Å². The quantitative estimate of drug-likeness (QED) is 0.501. The van der Waals surface area contributed by atoms with Crippen molar-refractivity contribution in [2.75, 3.05) is 12.4 Å². The smallest absolute Gasteiger partial charge is 0.271 e. The van der Waals surface area contributed by atoms with Crippen molar-refractivity contribution in [3.8, 4) is 5.75 Å². The molecular weight excluding hydrogens is 404 g/mol. The number of oxime groups is 1. The molecule has 7 heteroatoms. The maximum absolute atomic E-state index is 13.0. The van der Waals surface area contributed by atoms with E-state index in [1.165, 1.54) is 0 Å². The fraction of sp³-hybridized carbons (Fsp3) is 0.160. The van der Waals surface area contributed by atoms with Crippen molar-refractivity contribution in [3.63, 3.8) is 0 Å². The second-order valence-electron chi connectivity index (χ2n) is 7.55. The molecule has 0 radical (unpaired) electrons. The van der Waals surface area contributed by atoms with E-state index in [-0.39, 0.29) is 5.91 Å². The summed E-state index contributed by atoms with van der Waals surface area (Å²) >= 11 is 0. The summed E-state index contributed by atoms with van der Waals surface area (Å²) in [7, 11) is 1.62. The number of carbonyl (C=O) groups excluding carboxylic acids is 1. The van der Waals surface area contributed by atoms with Crippen molar-refractivity contribution in [1.82, 2.24) is 9.55 Å². The molecule has 0 saturated heterocycles. The van der Waals surface area contributed by atoms with Gasteiger partial charge >= 0.3 is 0 Å². The predicted molar refractivity (Wildman–Crippen MR) is 123 cm³/mol. The Kier molecular flexibility index (Phi) is 5.29. The van der Waals surface area contributed by atoms with Gasteiger partial charge in [-0.15, -0.1) is 0 Å². The number of para-hydroxylation sites is 2. The zero-order valence-electron chi connectivity index (χ0n) is 17.6. The highest BCUT2D eigenvalue weighted by molar-refractivity contribution is 6.06. The number of fused-ring (bicyclic) bond motifs is 1. The summed E-state index contributed by atoms with van der Waals surface area (Å²) in [5.74, 6) is 0.975. The van der Waals surface area contributed by atoms with Crippen LogP contribution in [0, 0.1) is 0 Å². The van der Waals surface area contributed by atoms with E-state index in [0.717, 1.165) is 33.6 Å². The van der Waals surface area contributed by atoms with Crippen LogP contribution < -0.4 is 10.1 Å². The van der Waals surface area contributed by atoms with Crippen LogP contribution in [0.4, 0.5) is 5.95 Å².